The van der Waals surface area contributed by atoms with Crippen LogP contribution in [0.3, 0.4) is 0 Å². The molecule has 0 radical (unpaired) electrons. The molecular formula is C27H36N6O4S. The van der Waals surface area contributed by atoms with Crippen molar-refractivity contribution in [2.24, 2.45) is 16.4 Å². The first kappa shape index (κ1) is 29.3. The van der Waals surface area contributed by atoms with E-state index in [9.17, 15) is 19.5 Å². The number of carbonyl (C=O) groups is 3. The molecule has 204 valence electrons. The molecule has 0 spiro atoms. The largest absolute Gasteiger partial charge is 0.391 e. The minimum Gasteiger partial charge on any atom is -0.391 e. The van der Waals surface area contributed by atoms with Crippen molar-refractivity contribution < 1.29 is 19.5 Å². The Labute approximate surface area is 227 Å². The van der Waals surface area contributed by atoms with Crippen molar-refractivity contribution in [2.45, 2.75) is 72.1 Å². The standard InChI is InChI=1S/C27H36N6O4S/c1-17-24(38-16-30-17)19-9-7-18(8-10-19)14-29-25(36)23-13-21(35)15-33(23)26(37)22(27(2,3)4)12-20(34)6-5-11-31-32-28/h7-10,16,21-23,35H,5-6,11-15H2,1-4H3,(H,29,36)/t21-,22-,23+/m1/s1. The molecule has 1 fully saturated rings. The van der Waals surface area contributed by atoms with Crippen LogP contribution in [0.15, 0.2) is 34.9 Å². The fourth-order valence-electron chi connectivity index (χ4n) is 4.65. The van der Waals surface area contributed by atoms with Crippen molar-refractivity contribution in [3.63, 3.8) is 0 Å². The lowest BCUT2D eigenvalue weighted by Gasteiger charge is -2.34. The smallest absolute Gasteiger partial charge is 0.243 e. The highest BCUT2D eigenvalue weighted by Crippen LogP contribution is 2.34. The maximum atomic E-state index is 13.6. The Morgan fingerprint density at radius 2 is 2.00 bits per heavy atom. The highest BCUT2D eigenvalue weighted by molar-refractivity contribution is 7.13. The number of thiazole rings is 1. The van der Waals surface area contributed by atoms with E-state index in [4.69, 9.17) is 5.53 Å². The molecule has 3 atom stereocenters. The van der Waals surface area contributed by atoms with Gasteiger partial charge in [0.1, 0.15) is 11.8 Å². The molecule has 10 nitrogen and oxygen atoms in total. The number of aliphatic hydroxyl groups is 1. The van der Waals surface area contributed by atoms with Gasteiger partial charge in [-0.25, -0.2) is 4.98 Å². The van der Waals surface area contributed by atoms with Gasteiger partial charge in [-0.3, -0.25) is 14.4 Å². The zero-order chi connectivity index (χ0) is 27.9. The van der Waals surface area contributed by atoms with Gasteiger partial charge < -0.3 is 15.3 Å². The number of β-amino-alcohol motifs (C(OH)–C–C–N with tert-alkyl or cyclic N) is 1. The minimum absolute atomic E-state index is 0.0329. The first-order valence-electron chi connectivity index (χ1n) is 12.8. The van der Waals surface area contributed by atoms with Crippen LogP contribution in [0.1, 0.15) is 57.7 Å². The molecule has 1 aromatic heterocycles. The lowest BCUT2D eigenvalue weighted by atomic mass is 9.76. The maximum absolute atomic E-state index is 13.6. The van der Waals surface area contributed by atoms with Gasteiger partial charge in [0.2, 0.25) is 11.8 Å². The van der Waals surface area contributed by atoms with Crippen LogP contribution in [0.4, 0.5) is 0 Å². The van der Waals surface area contributed by atoms with Crippen LogP contribution in [0.2, 0.25) is 0 Å². The number of nitrogens with zero attached hydrogens (tertiary/aromatic N) is 5. The highest BCUT2D eigenvalue weighted by Gasteiger charge is 2.44. The number of hydrogen-bond acceptors (Lipinski definition) is 7. The van der Waals surface area contributed by atoms with Crippen LogP contribution in [0.25, 0.3) is 20.9 Å². The average molecular weight is 541 g/mol. The number of aryl methyl sites for hydroxylation is 1. The Morgan fingerprint density at radius 3 is 2.61 bits per heavy atom. The van der Waals surface area contributed by atoms with E-state index in [2.05, 4.69) is 20.3 Å². The highest BCUT2D eigenvalue weighted by atomic mass is 32.1. The molecule has 2 heterocycles. The van der Waals surface area contributed by atoms with Crippen molar-refractivity contribution >= 4 is 28.9 Å². The number of carbonyl (C=O) groups excluding carboxylic acids is 3. The van der Waals surface area contributed by atoms with Crippen LogP contribution < -0.4 is 5.32 Å². The van der Waals surface area contributed by atoms with E-state index >= 15 is 0 Å². The summed E-state index contributed by atoms with van der Waals surface area (Å²) in [5.74, 6) is -1.37. The maximum Gasteiger partial charge on any atom is 0.243 e. The number of likely N-dealkylation sites (tertiary alicyclic amines) is 1. The molecule has 1 aliphatic heterocycles. The summed E-state index contributed by atoms with van der Waals surface area (Å²) in [6.45, 7) is 8.21. The number of benzene rings is 1. The zero-order valence-electron chi connectivity index (χ0n) is 22.4. The second-order valence-corrected chi connectivity index (χ2v) is 11.7. The van der Waals surface area contributed by atoms with E-state index in [0.717, 1.165) is 21.7 Å². The number of aromatic nitrogens is 1. The normalized spacial score (nSPS) is 18.1. The predicted octanol–water partition coefficient (Wildman–Crippen LogP) is 4.41. The van der Waals surface area contributed by atoms with Crippen LogP contribution in [-0.4, -0.2) is 57.8 Å². The third kappa shape index (κ3) is 7.63. The van der Waals surface area contributed by atoms with Gasteiger partial charge in [-0.15, -0.1) is 11.3 Å². The fourth-order valence-corrected chi connectivity index (χ4v) is 5.46. The Bertz CT molecular complexity index is 1180. The van der Waals surface area contributed by atoms with E-state index in [-0.39, 0.29) is 49.9 Å². The number of rotatable bonds is 11. The number of amides is 2. The van der Waals surface area contributed by atoms with Crippen LogP contribution in [0, 0.1) is 18.3 Å². The molecule has 2 N–H and O–H groups in total. The van der Waals surface area contributed by atoms with E-state index in [1.165, 1.54) is 4.90 Å². The summed E-state index contributed by atoms with van der Waals surface area (Å²) in [6, 6.07) is 7.08. The quantitative estimate of drug-likeness (QED) is 0.187. The summed E-state index contributed by atoms with van der Waals surface area (Å²) in [6.07, 6.45) is 0.0131. The summed E-state index contributed by atoms with van der Waals surface area (Å²) >= 11 is 1.58. The Hall–Kier alpha value is -3.27. The first-order valence-corrected chi connectivity index (χ1v) is 13.7. The van der Waals surface area contributed by atoms with Crippen molar-refractivity contribution in [1.82, 2.24) is 15.2 Å². The number of ketones is 1. The predicted molar refractivity (Wildman–Crippen MR) is 146 cm³/mol. The number of hydrogen-bond donors (Lipinski definition) is 2. The van der Waals surface area contributed by atoms with Gasteiger partial charge in [0.25, 0.3) is 0 Å². The third-order valence-corrected chi connectivity index (χ3v) is 7.82. The van der Waals surface area contributed by atoms with Gasteiger partial charge in [0.15, 0.2) is 0 Å². The second-order valence-electron chi connectivity index (χ2n) is 10.8. The van der Waals surface area contributed by atoms with Crippen molar-refractivity contribution in [1.29, 1.82) is 0 Å². The Morgan fingerprint density at radius 1 is 1.29 bits per heavy atom. The molecule has 0 saturated carbocycles. The molecule has 3 rings (SSSR count). The van der Waals surface area contributed by atoms with Gasteiger partial charge in [-0.05, 0) is 35.4 Å². The number of nitrogens with one attached hydrogen (secondary N) is 1. The zero-order valence-corrected chi connectivity index (χ0v) is 23.2. The van der Waals surface area contributed by atoms with Crippen molar-refractivity contribution in [3.8, 4) is 10.4 Å². The van der Waals surface area contributed by atoms with E-state index in [1.807, 2.05) is 57.5 Å². The summed E-state index contributed by atoms with van der Waals surface area (Å²) in [7, 11) is 0. The van der Waals surface area contributed by atoms with Gasteiger partial charge in [-0.1, -0.05) is 50.2 Å². The van der Waals surface area contributed by atoms with Gasteiger partial charge in [-0.2, -0.15) is 0 Å². The minimum atomic E-state index is -0.809. The molecule has 1 aromatic carbocycles. The van der Waals surface area contributed by atoms with Crippen LogP contribution in [-0.2, 0) is 20.9 Å². The topological polar surface area (TPSA) is 148 Å². The summed E-state index contributed by atoms with van der Waals surface area (Å²) in [4.78, 5) is 48.9. The second kappa shape index (κ2) is 13.0. The SMILES string of the molecule is Cc1ncsc1-c1ccc(CNC(=O)[C@@H]2C[C@@H](O)CN2C(=O)[C@@H](CC(=O)CCCN=[N+]=[N-])C(C)(C)C)cc1. The van der Waals surface area contributed by atoms with Crippen molar-refractivity contribution in [3.05, 3.63) is 51.5 Å². The van der Waals surface area contributed by atoms with Crippen LogP contribution >= 0.6 is 11.3 Å². The summed E-state index contributed by atoms with van der Waals surface area (Å²) < 4.78 is 0. The van der Waals surface area contributed by atoms with E-state index < -0.39 is 23.5 Å². The molecule has 0 unspecified atom stereocenters. The molecule has 11 heteroatoms. The lowest BCUT2D eigenvalue weighted by Crippen LogP contribution is -2.50. The molecule has 1 aliphatic rings. The monoisotopic (exact) mass is 540 g/mol. The molecule has 2 amide bonds. The van der Waals surface area contributed by atoms with E-state index in [0.29, 0.717) is 13.0 Å². The van der Waals surface area contributed by atoms with E-state index in [1.54, 1.807) is 11.3 Å². The molecule has 38 heavy (non-hydrogen) atoms. The third-order valence-electron chi connectivity index (χ3n) is 6.85. The Kier molecular flexibility index (Phi) is 10.0. The summed E-state index contributed by atoms with van der Waals surface area (Å²) in [5.41, 5.74) is 12.6. The molecule has 0 bridgehead atoms. The average Bonchev–Trinajstić information content (AvgIpc) is 3.48. The van der Waals surface area contributed by atoms with Crippen molar-refractivity contribution in [2.75, 3.05) is 13.1 Å². The lowest BCUT2D eigenvalue weighted by molar-refractivity contribution is -0.146. The Balaban J connectivity index is 1.64. The molecule has 1 saturated heterocycles. The van der Waals surface area contributed by atoms with Crippen LogP contribution in [0.5, 0.6) is 0 Å². The number of azide groups is 1. The van der Waals surface area contributed by atoms with Gasteiger partial charge in [0.05, 0.1) is 22.2 Å². The van der Waals surface area contributed by atoms with Gasteiger partial charge >= 0.3 is 0 Å². The summed E-state index contributed by atoms with van der Waals surface area (Å²) in [5, 5.41) is 16.7. The van der Waals surface area contributed by atoms with Gasteiger partial charge in [0, 0.05) is 49.7 Å². The first-order chi connectivity index (χ1) is 18.0. The molecule has 0 aliphatic carbocycles. The number of aliphatic hydroxyl groups excluding tert-OH is 1. The fraction of sp³-hybridized carbons (Fsp3) is 0.556. The number of Topliss-reactive ketones (excluding diaryl/α,β-unsaturated/α-hetero) is 1. The molecule has 2 aromatic rings. The molecular weight excluding hydrogens is 504 g/mol.